The number of hydrogen-bond acceptors (Lipinski definition) is 2. The van der Waals surface area contributed by atoms with Crippen molar-refractivity contribution in [3.05, 3.63) is 63.5 Å². The molecule has 0 radical (unpaired) electrons. The Bertz CT molecular complexity index is 914. The minimum atomic E-state index is -0.132. The Morgan fingerprint density at radius 3 is 2.71 bits per heavy atom. The van der Waals surface area contributed by atoms with Crippen molar-refractivity contribution in [1.29, 1.82) is 0 Å². The van der Waals surface area contributed by atoms with Crippen LogP contribution < -0.4 is 5.32 Å². The van der Waals surface area contributed by atoms with E-state index in [2.05, 4.69) is 40.1 Å². The minimum Gasteiger partial charge on any atom is -0.321 e. The number of pyridine rings is 1. The van der Waals surface area contributed by atoms with Gasteiger partial charge in [0.1, 0.15) is 11.3 Å². The molecule has 2 heterocycles. The second-order valence-corrected chi connectivity index (χ2v) is 6.90. The van der Waals surface area contributed by atoms with Crippen LogP contribution in [0, 0.1) is 13.8 Å². The fourth-order valence-corrected chi connectivity index (χ4v) is 3.07. The van der Waals surface area contributed by atoms with E-state index in [0.717, 1.165) is 39.9 Å². The normalized spacial score (nSPS) is 11.0. The van der Waals surface area contributed by atoms with E-state index in [9.17, 15) is 4.79 Å². The number of aryl methyl sites for hydroxylation is 3. The molecule has 1 amide bonds. The summed E-state index contributed by atoms with van der Waals surface area (Å²) in [5, 5.41) is 3.01. The molecule has 0 unspecified atom stereocenters. The second-order valence-electron chi connectivity index (χ2n) is 5.99. The molecule has 1 aromatic carbocycles. The van der Waals surface area contributed by atoms with Crippen LogP contribution in [0.15, 0.2) is 41.0 Å². The Hall–Kier alpha value is -2.14. The van der Waals surface area contributed by atoms with Crippen molar-refractivity contribution >= 4 is 33.2 Å². The van der Waals surface area contributed by atoms with Gasteiger partial charge in [-0.1, -0.05) is 19.4 Å². The number of nitrogens with one attached hydrogen (secondary N) is 1. The maximum absolute atomic E-state index is 12.9. The molecular formula is C19H20BrN3O. The molecule has 5 heteroatoms. The summed E-state index contributed by atoms with van der Waals surface area (Å²) in [6.07, 6.45) is 3.60. The van der Waals surface area contributed by atoms with Gasteiger partial charge in [-0.15, -0.1) is 0 Å². The zero-order valence-corrected chi connectivity index (χ0v) is 15.6. The number of carbonyl (C=O) groups excluding carboxylic acids is 1. The van der Waals surface area contributed by atoms with Gasteiger partial charge in [0, 0.05) is 16.4 Å². The third-order valence-corrected chi connectivity index (χ3v) is 4.59. The highest BCUT2D eigenvalue weighted by Crippen LogP contribution is 2.21. The molecule has 3 rings (SSSR count). The van der Waals surface area contributed by atoms with Crippen molar-refractivity contribution in [2.24, 2.45) is 0 Å². The lowest BCUT2D eigenvalue weighted by Gasteiger charge is -2.09. The first-order valence-corrected chi connectivity index (χ1v) is 8.84. The molecule has 0 aliphatic rings. The Kier molecular flexibility index (Phi) is 4.71. The molecule has 24 heavy (non-hydrogen) atoms. The number of halogens is 1. The lowest BCUT2D eigenvalue weighted by molar-refractivity contribution is 0.102. The number of rotatable bonds is 4. The number of amides is 1. The fraction of sp³-hybridized carbons (Fsp3) is 0.263. The third kappa shape index (κ3) is 3.22. The number of carbonyl (C=O) groups is 1. The van der Waals surface area contributed by atoms with Gasteiger partial charge >= 0.3 is 0 Å². The first-order chi connectivity index (χ1) is 11.5. The van der Waals surface area contributed by atoms with Crippen molar-refractivity contribution in [3.63, 3.8) is 0 Å². The maximum atomic E-state index is 12.9. The number of aromatic nitrogens is 2. The topological polar surface area (TPSA) is 46.4 Å². The highest BCUT2D eigenvalue weighted by Gasteiger charge is 2.19. The van der Waals surface area contributed by atoms with Crippen molar-refractivity contribution in [2.75, 3.05) is 5.32 Å². The first kappa shape index (κ1) is 16.7. The molecule has 124 valence electrons. The van der Waals surface area contributed by atoms with Gasteiger partial charge in [0.25, 0.3) is 5.91 Å². The molecule has 0 atom stereocenters. The average molecular weight is 386 g/mol. The van der Waals surface area contributed by atoms with E-state index < -0.39 is 0 Å². The number of fused-ring (bicyclic) bond motifs is 1. The van der Waals surface area contributed by atoms with E-state index in [1.807, 2.05) is 47.9 Å². The number of anilines is 1. The summed E-state index contributed by atoms with van der Waals surface area (Å²) < 4.78 is 2.77. The zero-order chi connectivity index (χ0) is 17.3. The van der Waals surface area contributed by atoms with Crippen molar-refractivity contribution in [1.82, 2.24) is 9.38 Å². The minimum absolute atomic E-state index is 0.132. The molecule has 0 aliphatic heterocycles. The van der Waals surface area contributed by atoms with Gasteiger partial charge in [0.05, 0.1) is 5.69 Å². The summed E-state index contributed by atoms with van der Waals surface area (Å²) in [5.41, 5.74) is 5.38. The van der Waals surface area contributed by atoms with Crippen LogP contribution >= 0.6 is 15.9 Å². The largest absolute Gasteiger partial charge is 0.321 e. The van der Waals surface area contributed by atoms with Crippen molar-refractivity contribution in [2.45, 2.75) is 33.6 Å². The van der Waals surface area contributed by atoms with Crippen LogP contribution in [0.25, 0.3) is 5.65 Å². The van der Waals surface area contributed by atoms with Gasteiger partial charge in [-0.2, -0.15) is 0 Å². The number of hydrogen-bond donors (Lipinski definition) is 1. The van der Waals surface area contributed by atoms with E-state index in [0.29, 0.717) is 5.69 Å². The summed E-state index contributed by atoms with van der Waals surface area (Å²) in [6.45, 7) is 6.19. The second kappa shape index (κ2) is 6.77. The standard InChI is InChI=1S/C19H20BrN3O/c1-4-5-16-18(23-11-14(20)7-9-17(23)22-16)19(24)21-15-8-6-12(2)13(3)10-15/h6-11H,4-5H2,1-3H3,(H,21,24). The Labute approximate surface area is 150 Å². The van der Waals surface area contributed by atoms with E-state index >= 15 is 0 Å². The van der Waals surface area contributed by atoms with Crippen LogP contribution in [0.2, 0.25) is 0 Å². The number of benzene rings is 1. The maximum Gasteiger partial charge on any atom is 0.274 e. The average Bonchev–Trinajstić information content (AvgIpc) is 2.88. The molecule has 0 saturated carbocycles. The molecular weight excluding hydrogens is 366 g/mol. The van der Waals surface area contributed by atoms with E-state index in [1.165, 1.54) is 5.56 Å². The predicted molar refractivity (Wildman–Crippen MR) is 101 cm³/mol. The zero-order valence-electron chi connectivity index (χ0n) is 14.1. The summed E-state index contributed by atoms with van der Waals surface area (Å²) in [5.74, 6) is -0.132. The van der Waals surface area contributed by atoms with Crippen LogP contribution in [-0.4, -0.2) is 15.3 Å². The molecule has 2 aromatic heterocycles. The molecule has 3 aromatic rings. The van der Waals surface area contributed by atoms with Gasteiger partial charge in [-0.05, 0) is 71.6 Å². The quantitative estimate of drug-likeness (QED) is 0.692. The summed E-state index contributed by atoms with van der Waals surface area (Å²) >= 11 is 3.47. The molecule has 0 spiro atoms. The molecule has 0 saturated heterocycles. The highest BCUT2D eigenvalue weighted by molar-refractivity contribution is 9.10. The highest BCUT2D eigenvalue weighted by atomic mass is 79.9. The van der Waals surface area contributed by atoms with E-state index in [1.54, 1.807) is 0 Å². The van der Waals surface area contributed by atoms with Gasteiger partial charge in [-0.25, -0.2) is 4.98 Å². The van der Waals surface area contributed by atoms with Crippen LogP contribution in [0.4, 0.5) is 5.69 Å². The molecule has 4 nitrogen and oxygen atoms in total. The van der Waals surface area contributed by atoms with Gasteiger partial charge in [0.15, 0.2) is 0 Å². The lowest BCUT2D eigenvalue weighted by atomic mass is 10.1. The summed E-state index contributed by atoms with van der Waals surface area (Å²) in [4.78, 5) is 17.5. The Morgan fingerprint density at radius 1 is 1.21 bits per heavy atom. The van der Waals surface area contributed by atoms with Crippen molar-refractivity contribution < 1.29 is 4.79 Å². The molecule has 1 N–H and O–H groups in total. The van der Waals surface area contributed by atoms with Crippen LogP contribution in [0.5, 0.6) is 0 Å². The lowest BCUT2D eigenvalue weighted by Crippen LogP contribution is -2.16. The van der Waals surface area contributed by atoms with E-state index in [-0.39, 0.29) is 5.91 Å². The Balaban J connectivity index is 2.02. The monoisotopic (exact) mass is 385 g/mol. The van der Waals surface area contributed by atoms with Gasteiger partial charge in [-0.3, -0.25) is 9.20 Å². The first-order valence-electron chi connectivity index (χ1n) is 8.04. The molecule has 0 fully saturated rings. The molecule has 0 bridgehead atoms. The molecule has 0 aliphatic carbocycles. The van der Waals surface area contributed by atoms with Crippen LogP contribution in [0.3, 0.4) is 0 Å². The van der Waals surface area contributed by atoms with Gasteiger partial charge < -0.3 is 5.32 Å². The van der Waals surface area contributed by atoms with E-state index in [4.69, 9.17) is 0 Å². The Morgan fingerprint density at radius 2 is 2.00 bits per heavy atom. The van der Waals surface area contributed by atoms with Crippen LogP contribution in [0.1, 0.15) is 40.7 Å². The van der Waals surface area contributed by atoms with Crippen molar-refractivity contribution in [3.8, 4) is 0 Å². The third-order valence-electron chi connectivity index (χ3n) is 4.12. The SMILES string of the molecule is CCCc1nc2ccc(Br)cn2c1C(=O)Nc1ccc(C)c(C)c1. The number of nitrogens with zero attached hydrogens (tertiary/aromatic N) is 2. The van der Waals surface area contributed by atoms with Gasteiger partial charge in [0.2, 0.25) is 0 Å². The predicted octanol–water partition coefficient (Wildman–Crippen LogP) is 4.92. The van der Waals surface area contributed by atoms with Crippen LogP contribution in [-0.2, 0) is 6.42 Å². The fourth-order valence-electron chi connectivity index (χ4n) is 2.73. The number of imidazole rings is 1. The summed E-state index contributed by atoms with van der Waals surface area (Å²) in [6, 6.07) is 9.78. The summed E-state index contributed by atoms with van der Waals surface area (Å²) in [7, 11) is 0. The smallest absolute Gasteiger partial charge is 0.274 e.